The number of fused-ring (bicyclic) bond motifs is 1. The summed E-state index contributed by atoms with van der Waals surface area (Å²) in [5, 5.41) is 3.23. The van der Waals surface area contributed by atoms with Crippen LogP contribution in [0.5, 0.6) is 0 Å². The Morgan fingerprint density at radius 2 is 1.76 bits per heavy atom. The second-order valence-corrected chi connectivity index (χ2v) is 7.73. The van der Waals surface area contributed by atoms with Crippen LogP contribution in [-0.4, -0.2) is 31.1 Å². The Bertz CT molecular complexity index is 962. The zero-order chi connectivity index (χ0) is 17.9. The van der Waals surface area contributed by atoms with Gasteiger partial charge in [-0.05, 0) is 31.2 Å². The first-order valence-corrected chi connectivity index (χ1v) is 9.63. The van der Waals surface area contributed by atoms with Gasteiger partial charge in [0.2, 0.25) is 10.0 Å². The summed E-state index contributed by atoms with van der Waals surface area (Å²) in [6.45, 7) is 3.35. The maximum Gasteiger partial charge on any atom is 0.240 e. The molecule has 0 spiro atoms. The van der Waals surface area contributed by atoms with Crippen molar-refractivity contribution in [1.82, 2.24) is 19.6 Å². The van der Waals surface area contributed by atoms with E-state index in [1.54, 1.807) is 24.3 Å². The van der Waals surface area contributed by atoms with E-state index in [-0.39, 0.29) is 4.90 Å². The molecular weight excluding hydrogens is 336 g/mol. The molecule has 0 aliphatic heterocycles. The molecule has 0 atom stereocenters. The Balaban J connectivity index is 1.51. The lowest BCUT2D eigenvalue weighted by Crippen LogP contribution is -2.32. The fourth-order valence-electron chi connectivity index (χ4n) is 2.63. The maximum absolute atomic E-state index is 12.2. The van der Waals surface area contributed by atoms with E-state index in [9.17, 15) is 8.42 Å². The number of sulfonamides is 1. The van der Waals surface area contributed by atoms with E-state index in [1.807, 2.05) is 42.8 Å². The Hall–Kier alpha value is -2.22. The summed E-state index contributed by atoms with van der Waals surface area (Å²) in [4.78, 5) is 4.86. The van der Waals surface area contributed by atoms with Crippen molar-refractivity contribution >= 4 is 21.1 Å². The van der Waals surface area contributed by atoms with E-state index in [2.05, 4.69) is 15.0 Å². The average molecular weight is 358 g/mol. The molecule has 0 radical (unpaired) electrons. The van der Waals surface area contributed by atoms with Crippen LogP contribution >= 0.6 is 0 Å². The molecular formula is C18H22N4O2S. The Labute approximate surface area is 147 Å². The number of hydrogen-bond donors (Lipinski definition) is 2. The van der Waals surface area contributed by atoms with Crippen molar-refractivity contribution in [2.75, 3.05) is 13.1 Å². The van der Waals surface area contributed by atoms with E-state index in [0.29, 0.717) is 19.6 Å². The van der Waals surface area contributed by atoms with Gasteiger partial charge in [-0.1, -0.05) is 29.8 Å². The molecule has 0 unspecified atom stereocenters. The number of benzene rings is 2. The van der Waals surface area contributed by atoms with Crippen molar-refractivity contribution in [3.05, 3.63) is 59.9 Å². The van der Waals surface area contributed by atoms with Gasteiger partial charge in [0.05, 0.1) is 22.5 Å². The molecule has 7 heteroatoms. The molecule has 0 aliphatic rings. The summed E-state index contributed by atoms with van der Waals surface area (Å²) in [7, 11) is -1.48. The van der Waals surface area contributed by atoms with Crippen LogP contribution in [0.15, 0.2) is 53.4 Å². The minimum absolute atomic E-state index is 0.286. The van der Waals surface area contributed by atoms with Crippen molar-refractivity contribution < 1.29 is 8.42 Å². The first-order valence-electron chi connectivity index (χ1n) is 8.15. The predicted molar refractivity (Wildman–Crippen MR) is 98.8 cm³/mol. The molecule has 0 bridgehead atoms. The highest BCUT2D eigenvalue weighted by Crippen LogP contribution is 2.13. The maximum atomic E-state index is 12.2. The Kier molecular flexibility index (Phi) is 5.17. The number of nitrogens with zero attached hydrogens (tertiary/aromatic N) is 2. The highest BCUT2D eigenvalue weighted by Gasteiger charge is 2.12. The normalized spacial score (nSPS) is 11.9. The minimum Gasteiger partial charge on any atom is -0.330 e. The fraction of sp³-hybridized carbons (Fsp3) is 0.278. The summed E-state index contributed by atoms with van der Waals surface area (Å²) < 4.78 is 29.0. The van der Waals surface area contributed by atoms with Crippen LogP contribution in [0.25, 0.3) is 11.0 Å². The summed E-state index contributed by atoms with van der Waals surface area (Å²) in [5.41, 5.74) is 3.07. The molecule has 3 rings (SSSR count). The van der Waals surface area contributed by atoms with Crippen molar-refractivity contribution in [1.29, 1.82) is 0 Å². The zero-order valence-electron chi connectivity index (χ0n) is 14.4. The largest absolute Gasteiger partial charge is 0.330 e. The molecule has 0 fully saturated rings. The van der Waals surface area contributed by atoms with Crippen molar-refractivity contribution in [2.45, 2.75) is 18.4 Å². The second-order valence-electron chi connectivity index (χ2n) is 5.96. The Morgan fingerprint density at radius 3 is 2.48 bits per heavy atom. The molecule has 2 aromatic carbocycles. The van der Waals surface area contributed by atoms with E-state index in [0.717, 1.165) is 22.4 Å². The molecule has 0 saturated heterocycles. The van der Waals surface area contributed by atoms with Crippen molar-refractivity contribution in [3.8, 4) is 0 Å². The van der Waals surface area contributed by atoms with E-state index < -0.39 is 10.0 Å². The first-order chi connectivity index (χ1) is 12.0. The number of nitrogens with one attached hydrogen (secondary N) is 2. The van der Waals surface area contributed by atoms with Gasteiger partial charge in [-0.25, -0.2) is 18.1 Å². The lowest BCUT2D eigenvalue weighted by molar-refractivity contribution is 0.573. The van der Waals surface area contributed by atoms with Crippen LogP contribution in [0.3, 0.4) is 0 Å². The predicted octanol–water partition coefficient (Wildman–Crippen LogP) is 1.95. The summed E-state index contributed by atoms with van der Waals surface area (Å²) in [6.07, 6.45) is 0. The molecule has 6 nitrogen and oxygen atoms in total. The van der Waals surface area contributed by atoms with Gasteiger partial charge in [0.25, 0.3) is 0 Å². The molecule has 1 heterocycles. The highest BCUT2D eigenvalue weighted by atomic mass is 32.2. The third-order valence-corrected chi connectivity index (χ3v) is 5.56. The van der Waals surface area contributed by atoms with Gasteiger partial charge < -0.3 is 9.88 Å². The quantitative estimate of drug-likeness (QED) is 0.633. The molecule has 1 aromatic heterocycles. The van der Waals surface area contributed by atoms with E-state index in [1.165, 1.54) is 0 Å². The van der Waals surface area contributed by atoms with Gasteiger partial charge in [-0.2, -0.15) is 0 Å². The number of aromatic nitrogens is 2. The summed E-state index contributed by atoms with van der Waals surface area (Å²) in [6, 6.07) is 14.8. The smallest absolute Gasteiger partial charge is 0.240 e. The molecule has 0 aliphatic carbocycles. The molecule has 132 valence electrons. The van der Waals surface area contributed by atoms with Gasteiger partial charge in [0.15, 0.2) is 0 Å². The lowest BCUT2D eigenvalue weighted by Gasteiger charge is -2.08. The monoisotopic (exact) mass is 358 g/mol. The lowest BCUT2D eigenvalue weighted by atomic mass is 10.2. The number of para-hydroxylation sites is 2. The zero-order valence-corrected chi connectivity index (χ0v) is 15.2. The third-order valence-electron chi connectivity index (χ3n) is 4.09. The number of imidazole rings is 1. The summed E-state index contributed by atoms with van der Waals surface area (Å²) in [5.74, 6) is 0.919. The Morgan fingerprint density at radius 1 is 1.04 bits per heavy atom. The van der Waals surface area contributed by atoms with Crippen LogP contribution in [0.2, 0.25) is 0 Å². The SMILES string of the molecule is Cc1ccc(S(=O)(=O)NCCNCc2nc3ccccc3n2C)cc1. The molecule has 25 heavy (non-hydrogen) atoms. The number of aryl methyl sites for hydroxylation is 2. The summed E-state index contributed by atoms with van der Waals surface area (Å²) >= 11 is 0. The van der Waals surface area contributed by atoms with Gasteiger partial charge >= 0.3 is 0 Å². The van der Waals surface area contributed by atoms with Crippen LogP contribution in [-0.2, 0) is 23.6 Å². The van der Waals surface area contributed by atoms with E-state index >= 15 is 0 Å². The molecule has 0 saturated carbocycles. The minimum atomic E-state index is -3.46. The third kappa shape index (κ3) is 4.07. The van der Waals surface area contributed by atoms with Crippen LogP contribution < -0.4 is 10.0 Å². The van der Waals surface area contributed by atoms with Crippen LogP contribution in [0.4, 0.5) is 0 Å². The van der Waals surface area contributed by atoms with Gasteiger partial charge in [0, 0.05) is 20.1 Å². The fourth-order valence-corrected chi connectivity index (χ4v) is 3.66. The topological polar surface area (TPSA) is 76.0 Å². The van der Waals surface area contributed by atoms with Crippen molar-refractivity contribution in [2.24, 2.45) is 7.05 Å². The van der Waals surface area contributed by atoms with Gasteiger partial charge in [-0.3, -0.25) is 0 Å². The first kappa shape index (κ1) is 17.6. The number of hydrogen-bond acceptors (Lipinski definition) is 4. The second kappa shape index (κ2) is 7.35. The molecule has 2 N–H and O–H groups in total. The van der Waals surface area contributed by atoms with Crippen LogP contribution in [0, 0.1) is 6.92 Å². The molecule has 3 aromatic rings. The van der Waals surface area contributed by atoms with Crippen molar-refractivity contribution in [3.63, 3.8) is 0 Å². The highest BCUT2D eigenvalue weighted by molar-refractivity contribution is 7.89. The van der Waals surface area contributed by atoms with E-state index in [4.69, 9.17) is 0 Å². The average Bonchev–Trinajstić information content (AvgIpc) is 2.91. The van der Waals surface area contributed by atoms with Gasteiger partial charge in [-0.15, -0.1) is 0 Å². The van der Waals surface area contributed by atoms with Gasteiger partial charge in [0.1, 0.15) is 5.82 Å². The van der Waals surface area contributed by atoms with Crippen LogP contribution in [0.1, 0.15) is 11.4 Å². The standard InChI is InChI=1S/C18H22N4O2S/c1-14-7-9-15(10-8-14)25(23,24)20-12-11-19-13-18-21-16-5-3-4-6-17(16)22(18)2/h3-10,19-20H,11-13H2,1-2H3. The number of rotatable bonds is 7. The molecule has 0 amide bonds.